The van der Waals surface area contributed by atoms with Crippen LogP contribution in [0.3, 0.4) is 0 Å². The predicted molar refractivity (Wildman–Crippen MR) is 79.9 cm³/mol. The number of nitrogens with zero attached hydrogens (tertiary/aromatic N) is 4. The number of rotatable bonds is 4. The molecule has 0 radical (unpaired) electrons. The Morgan fingerprint density at radius 1 is 1.29 bits per heavy atom. The molecular formula is C15H22N4O2. The van der Waals surface area contributed by atoms with Crippen LogP contribution in [0.2, 0.25) is 0 Å². The normalized spacial score (nSPS) is 20.0. The van der Waals surface area contributed by atoms with Crippen molar-refractivity contribution in [1.29, 1.82) is 0 Å². The number of carboxylic acids is 1. The van der Waals surface area contributed by atoms with Crippen molar-refractivity contribution in [3.05, 3.63) is 17.7 Å². The van der Waals surface area contributed by atoms with Gasteiger partial charge in [-0.05, 0) is 12.8 Å². The summed E-state index contributed by atoms with van der Waals surface area (Å²) in [4.78, 5) is 24.7. The maximum Gasteiger partial charge on any atom is 0.356 e. The Labute approximate surface area is 124 Å². The molecule has 6 heteroatoms. The van der Waals surface area contributed by atoms with E-state index in [0.717, 1.165) is 32.2 Å². The third kappa shape index (κ3) is 3.00. The van der Waals surface area contributed by atoms with Gasteiger partial charge in [-0.15, -0.1) is 0 Å². The minimum atomic E-state index is -0.973. The van der Waals surface area contributed by atoms with E-state index in [0.29, 0.717) is 11.5 Å². The molecule has 1 aliphatic heterocycles. The number of hydrogen-bond donors (Lipinski definition) is 1. The second-order valence-electron chi connectivity index (χ2n) is 6.18. The van der Waals surface area contributed by atoms with Gasteiger partial charge in [0.25, 0.3) is 0 Å². The molecule has 1 N–H and O–H groups in total. The van der Waals surface area contributed by atoms with Gasteiger partial charge < -0.3 is 10.0 Å². The van der Waals surface area contributed by atoms with Crippen LogP contribution in [0.25, 0.3) is 0 Å². The highest BCUT2D eigenvalue weighted by Gasteiger charge is 2.32. The van der Waals surface area contributed by atoms with Gasteiger partial charge in [0.05, 0.1) is 11.9 Å². The van der Waals surface area contributed by atoms with Crippen molar-refractivity contribution in [1.82, 2.24) is 14.9 Å². The lowest BCUT2D eigenvalue weighted by Crippen LogP contribution is -2.47. The number of aromatic nitrogens is 2. The fourth-order valence-electron chi connectivity index (χ4n) is 2.82. The standard InChI is InChI=1S/C15H22N4O2/c1-10(2)14-16-9-12(13(17-14)15(20)21)19-7-5-18(6-8-19)11-3-4-11/h9-11H,3-8H2,1-2H3,(H,20,21). The summed E-state index contributed by atoms with van der Waals surface area (Å²) in [5.74, 6) is -0.254. The number of hydrogen-bond acceptors (Lipinski definition) is 5. The van der Waals surface area contributed by atoms with Gasteiger partial charge in [-0.1, -0.05) is 13.8 Å². The average Bonchev–Trinajstić information content (AvgIpc) is 3.31. The largest absolute Gasteiger partial charge is 0.476 e. The van der Waals surface area contributed by atoms with Crippen LogP contribution in [-0.2, 0) is 0 Å². The lowest BCUT2D eigenvalue weighted by molar-refractivity contribution is 0.0690. The monoisotopic (exact) mass is 290 g/mol. The van der Waals surface area contributed by atoms with Crippen molar-refractivity contribution >= 4 is 11.7 Å². The molecule has 3 rings (SSSR count). The van der Waals surface area contributed by atoms with Gasteiger partial charge in [-0.2, -0.15) is 0 Å². The van der Waals surface area contributed by atoms with Crippen LogP contribution in [0.5, 0.6) is 0 Å². The van der Waals surface area contributed by atoms with Crippen molar-refractivity contribution in [2.75, 3.05) is 31.1 Å². The number of aromatic carboxylic acids is 1. The van der Waals surface area contributed by atoms with Gasteiger partial charge in [-0.3, -0.25) is 4.90 Å². The maximum absolute atomic E-state index is 11.5. The summed E-state index contributed by atoms with van der Waals surface area (Å²) in [5, 5.41) is 9.43. The number of piperazine rings is 1. The molecular weight excluding hydrogens is 268 g/mol. The topological polar surface area (TPSA) is 69.6 Å². The molecule has 2 heterocycles. The fraction of sp³-hybridized carbons (Fsp3) is 0.667. The molecule has 2 fully saturated rings. The summed E-state index contributed by atoms with van der Waals surface area (Å²) in [5.41, 5.74) is 0.788. The molecule has 6 nitrogen and oxygen atoms in total. The summed E-state index contributed by atoms with van der Waals surface area (Å²) >= 11 is 0. The first kappa shape index (κ1) is 14.3. The molecule has 0 spiro atoms. The zero-order valence-electron chi connectivity index (χ0n) is 12.6. The van der Waals surface area contributed by atoms with E-state index in [2.05, 4.69) is 19.8 Å². The molecule has 1 saturated heterocycles. The van der Waals surface area contributed by atoms with Gasteiger partial charge in [0, 0.05) is 38.1 Å². The Hall–Kier alpha value is -1.69. The fourth-order valence-corrected chi connectivity index (χ4v) is 2.82. The number of anilines is 1. The first-order chi connectivity index (χ1) is 10.1. The van der Waals surface area contributed by atoms with Crippen LogP contribution in [0, 0.1) is 0 Å². The molecule has 0 amide bonds. The Bertz CT molecular complexity index is 534. The molecule has 1 aliphatic carbocycles. The summed E-state index contributed by atoms with van der Waals surface area (Å²) in [6.45, 7) is 7.62. The van der Waals surface area contributed by atoms with Crippen LogP contribution >= 0.6 is 0 Å². The minimum absolute atomic E-state index is 0.129. The number of carboxylic acid groups (broad SMARTS) is 1. The van der Waals surface area contributed by atoms with Crippen LogP contribution < -0.4 is 4.90 Å². The molecule has 2 aliphatic rings. The third-order valence-corrected chi connectivity index (χ3v) is 4.23. The minimum Gasteiger partial charge on any atom is -0.476 e. The van der Waals surface area contributed by atoms with Gasteiger partial charge in [-0.25, -0.2) is 14.8 Å². The molecule has 1 aromatic rings. The quantitative estimate of drug-likeness (QED) is 0.908. The van der Waals surface area contributed by atoms with E-state index in [-0.39, 0.29) is 11.6 Å². The van der Waals surface area contributed by atoms with E-state index in [9.17, 15) is 9.90 Å². The van der Waals surface area contributed by atoms with Gasteiger partial charge in [0.15, 0.2) is 5.69 Å². The summed E-state index contributed by atoms with van der Waals surface area (Å²) in [6, 6.07) is 0.769. The molecule has 0 atom stereocenters. The van der Waals surface area contributed by atoms with Crippen molar-refractivity contribution in [2.45, 2.75) is 38.6 Å². The van der Waals surface area contributed by atoms with Crippen molar-refractivity contribution < 1.29 is 9.90 Å². The highest BCUT2D eigenvalue weighted by atomic mass is 16.4. The van der Waals surface area contributed by atoms with E-state index in [4.69, 9.17) is 0 Å². The molecule has 114 valence electrons. The Balaban J connectivity index is 1.79. The SMILES string of the molecule is CC(C)c1ncc(N2CCN(C3CC3)CC2)c(C(=O)O)n1. The Kier molecular flexibility index (Phi) is 3.80. The van der Waals surface area contributed by atoms with E-state index >= 15 is 0 Å². The van der Waals surface area contributed by atoms with Crippen LogP contribution in [0.15, 0.2) is 6.20 Å². The van der Waals surface area contributed by atoms with Crippen LogP contribution in [0.4, 0.5) is 5.69 Å². The zero-order valence-corrected chi connectivity index (χ0v) is 12.6. The zero-order chi connectivity index (χ0) is 15.0. The Morgan fingerprint density at radius 3 is 2.48 bits per heavy atom. The second kappa shape index (κ2) is 5.60. The van der Waals surface area contributed by atoms with Crippen molar-refractivity contribution in [3.8, 4) is 0 Å². The summed E-state index contributed by atoms with van der Waals surface area (Å²) in [7, 11) is 0. The van der Waals surface area contributed by atoms with Gasteiger partial charge in [0.2, 0.25) is 0 Å². The van der Waals surface area contributed by atoms with Gasteiger partial charge >= 0.3 is 5.97 Å². The highest BCUT2D eigenvalue weighted by molar-refractivity contribution is 5.92. The Morgan fingerprint density at radius 2 is 1.95 bits per heavy atom. The molecule has 21 heavy (non-hydrogen) atoms. The summed E-state index contributed by atoms with van der Waals surface area (Å²) < 4.78 is 0. The van der Waals surface area contributed by atoms with E-state index < -0.39 is 5.97 Å². The maximum atomic E-state index is 11.5. The second-order valence-corrected chi connectivity index (χ2v) is 6.18. The lowest BCUT2D eigenvalue weighted by atomic mass is 10.2. The van der Waals surface area contributed by atoms with Crippen LogP contribution in [0.1, 0.15) is 48.9 Å². The highest BCUT2D eigenvalue weighted by Crippen LogP contribution is 2.29. The van der Waals surface area contributed by atoms with E-state index in [1.807, 2.05) is 13.8 Å². The molecule has 0 aromatic carbocycles. The molecule has 0 unspecified atom stereocenters. The first-order valence-corrected chi connectivity index (χ1v) is 7.65. The van der Waals surface area contributed by atoms with Crippen molar-refractivity contribution in [3.63, 3.8) is 0 Å². The average molecular weight is 290 g/mol. The first-order valence-electron chi connectivity index (χ1n) is 7.65. The predicted octanol–water partition coefficient (Wildman–Crippen LogP) is 1.58. The third-order valence-electron chi connectivity index (χ3n) is 4.23. The van der Waals surface area contributed by atoms with E-state index in [1.54, 1.807) is 6.20 Å². The van der Waals surface area contributed by atoms with Gasteiger partial charge in [0.1, 0.15) is 5.82 Å². The van der Waals surface area contributed by atoms with E-state index in [1.165, 1.54) is 12.8 Å². The number of carbonyl (C=O) groups is 1. The lowest BCUT2D eigenvalue weighted by Gasteiger charge is -2.36. The molecule has 1 saturated carbocycles. The molecule has 1 aromatic heterocycles. The smallest absolute Gasteiger partial charge is 0.356 e. The summed E-state index contributed by atoms with van der Waals surface area (Å²) in [6.07, 6.45) is 4.30. The van der Waals surface area contributed by atoms with Crippen molar-refractivity contribution in [2.24, 2.45) is 0 Å². The van der Waals surface area contributed by atoms with Crippen LogP contribution in [-0.4, -0.2) is 58.2 Å². The molecule has 0 bridgehead atoms.